The second kappa shape index (κ2) is 10.4. The van der Waals surface area contributed by atoms with Gasteiger partial charge in [0.25, 0.3) is 5.91 Å². The Kier molecular flexibility index (Phi) is 6.92. The Balaban J connectivity index is 1.21. The number of nitrogens with zero attached hydrogens (tertiary/aromatic N) is 2. The number of hydrogen-bond acceptors (Lipinski definition) is 5. The maximum absolute atomic E-state index is 13.0. The summed E-state index contributed by atoms with van der Waals surface area (Å²) in [5.41, 5.74) is 3.50. The first-order valence-corrected chi connectivity index (χ1v) is 13.2. The molecule has 0 bridgehead atoms. The van der Waals surface area contributed by atoms with Crippen molar-refractivity contribution in [2.24, 2.45) is 0 Å². The molecule has 0 unspecified atom stereocenters. The van der Waals surface area contributed by atoms with Crippen LogP contribution < -0.4 is 5.32 Å². The molecule has 4 aromatic rings. The Morgan fingerprint density at radius 1 is 0.941 bits per heavy atom. The van der Waals surface area contributed by atoms with E-state index in [1.165, 1.54) is 16.5 Å². The topological polar surface area (TPSA) is 62.3 Å². The average Bonchev–Trinajstić information content (AvgIpc) is 3.54. The third-order valence-corrected chi connectivity index (χ3v) is 7.94. The van der Waals surface area contributed by atoms with Gasteiger partial charge in [-0.05, 0) is 54.8 Å². The largest absolute Gasteiger partial charge is 0.342 e. The highest BCUT2D eigenvalue weighted by atomic mass is 32.2. The number of fused-ring (bicyclic) bond motifs is 1. The van der Waals surface area contributed by atoms with Crippen LogP contribution in [0.25, 0.3) is 10.2 Å². The van der Waals surface area contributed by atoms with Crippen LogP contribution in [-0.2, 0) is 11.2 Å². The molecule has 2 heterocycles. The van der Waals surface area contributed by atoms with Crippen LogP contribution in [0.5, 0.6) is 0 Å². The maximum Gasteiger partial charge on any atom is 0.256 e. The van der Waals surface area contributed by atoms with Gasteiger partial charge in [-0.2, -0.15) is 0 Å². The summed E-state index contributed by atoms with van der Waals surface area (Å²) in [6.45, 7) is 1.69. The highest BCUT2D eigenvalue weighted by Crippen LogP contribution is 2.26. The predicted octanol–water partition coefficient (Wildman–Crippen LogP) is 5.85. The number of anilines is 1. The molecule has 1 fully saturated rings. The third-order valence-electron chi connectivity index (χ3n) is 5.85. The number of benzene rings is 3. The molecule has 1 aliphatic rings. The molecule has 3 aromatic carbocycles. The number of likely N-dealkylation sites (tertiary alicyclic amines) is 1. The molecule has 1 saturated heterocycles. The molecule has 172 valence electrons. The lowest BCUT2D eigenvalue weighted by Crippen LogP contribution is -2.29. The van der Waals surface area contributed by atoms with Crippen LogP contribution in [0, 0.1) is 0 Å². The van der Waals surface area contributed by atoms with Gasteiger partial charge in [0.1, 0.15) is 0 Å². The van der Waals surface area contributed by atoms with E-state index in [9.17, 15) is 9.59 Å². The van der Waals surface area contributed by atoms with E-state index < -0.39 is 0 Å². The van der Waals surface area contributed by atoms with Gasteiger partial charge < -0.3 is 10.2 Å². The predicted molar refractivity (Wildman–Crippen MR) is 140 cm³/mol. The summed E-state index contributed by atoms with van der Waals surface area (Å²) in [5.74, 6) is 0.321. The van der Waals surface area contributed by atoms with Crippen molar-refractivity contribution >= 4 is 50.8 Å². The Hall–Kier alpha value is -3.16. The summed E-state index contributed by atoms with van der Waals surface area (Å²) in [4.78, 5) is 32.8. The van der Waals surface area contributed by atoms with Crippen LogP contribution in [0.4, 0.5) is 5.69 Å². The van der Waals surface area contributed by atoms with Gasteiger partial charge >= 0.3 is 0 Å². The Morgan fingerprint density at radius 3 is 2.47 bits per heavy atom. The van der Waals surface area contributed by atoms with Gasteiger partial charge in [0.05, 0.1) is 26.5 Å². The van der Waals surface area contributed by atoms with Crippen molar-refractivity contribution < 1.29 is 9.59 Å². The summed E-state index contributed by atoms with van der Waals surface area (Å²) in [6.07, 6.45) is 2.92. The van der Waals surface area contributed by atoms with Crippen LogP contribution in [0.3, 0.4) is 0 Å². The molecule has 5 rings (SSSR count). The van der Waals surface area contributed by atoms with Crippen LogP contribution in [0.1, 0.15) is 33.8 Å². The normalized spacial score (nSPS) is 13.4. The van der Waals surface area contributed by atoms with Crippen LogP contribution in [0.15, 0.2) is 77.7 Å². The molecule has 1 aromatic heterocycles. The lowest BCUT2D eigenvalue weighted by Gasteiger charge is -2.15. The standard InChI is InChI=1S/C27H25N3O2S2/c31-26(30-15-5-6-16-30)18-33-23-9-3-1-7-21(23)27(32)28-20-13-11-19(12-14-20)17-25-29-22-8-2-4-10-24(22)34-25/h1-4,7-14H,5-6,15-18H2,(H,28,32). The fourth-order valence-electron chi connectivity index (χ4n) is 4.05. The molecule has 0 radical (unpaired) electrons. The number of thiazole rings is 1. The SMILES string of the molecule is O=C(Nc1ccc(Cc2nc3ccccc3s2)cc1)c1ccccc1SCC(=O)N1CCCC1. The lowest BCUT2D eigenvalue weighted by atomic mass is 10.1. The molecule has 0 aliphatic carbocycles. The number of thioether (sulfide) groups is 1. The summed E-state index contributed by atoms with van der Waals surface area (Å²) >= 11 is 3.14. The van der Waals surface area contributed by atoms with Crippen molar-refractivity contribution in [1.29, 1.82) is 0 Å². The zero-order chi connectivity index (χ0) is 23.3. The number of carbonyl (C=O) groups excluding carboxylic acids is 2. The first-order valence-electron chi connectivity index (χ1n) is 11.4. The monoisotopic (exact) mass is 487 g/mol. The molecular weight excluding hydrogens is 462 g/mol. The Labute approximate surface area is 207 Å². The van der Waals surface area contributed by atoms with E-state index in [0.29, 0.717) is 11.3 Å². The van der Waals surface area contributed by atoms with Crippen LogP contribution in [-0.4, -0.2) is 40.5 Å². The second-order valence-electron chi connectivity index (χ2n) is 8.28. The van der Waals surface area contributed by atoms with Crippen molar-refractivity contribution in [2.75, 3.05) is 24.2 Å². The number of carbonyl (C=O) groups is 2. The lowest BCUT2D eigenvalue weighted by molar-refractivity contribution is -0.127. The number of amides is 2. The van der Waals surface area contributed by atoms with Gasteiger partial charge in [0.15, 0.2) is 0 Å². The zero-order valence-corrected chi connectivity index (χ0v) is 20.3. The molecule has 5 nitrogen and oxygen atoms in total. The molecular formula is C27H25N3O2S2. The fraction of sp³-hybridized carbons (Fsp3) is 0.222. The minimum atomic E-state index is -0.171. The van der Waals surface area contributed by atoms with Crippen molar-refractivity contribution in [2.45, 2.75) is 24.2 Å². The smallest absolute Gasteiger partial charge is 0.256 e. The first-order chi connectivity index (χ1) is 16.7. The minimum absolute atomic E-state index is 0.140. The molecule has 34 heavy (non-hydrogen) atoms. The van der Waals surface area contributed by atoms with Crippen LogP contribution in [0.2, 0.25) is 0 Å². The number of aromatic nitrogens is 1. The van der Waals surface area contributed by atoms with Gasteiger partial charge in [0, 0.05) is 30.1 Å². The van der Waals surface area contributed by atoms with E-state index >= 15 is 0 Å². The first kappa shape index (κ1) is 22.6. The Morgan fingerprint density at radius 2 is 1.68 bits per heavy atom. The zero-order valence-electron chi connectivity index (χ0n) is 18.7. The molecule has 1 N–H and O–H groups in total. The highest BCUT2D eigenvalue weighted by molar-refractivity contribution is 8.00. The van der Waals surface area contributed by atoms with Gasteiger partial charge in [0.2, 0.25) is 5.91 Å². The molecule has 0 atom stereocenters. The van der Waals surface area contributed by atoms with Gasteiger partial charge in [-0.25, -0.2) is 4.98 Å². The summed E-state index contributed by atoms with van der Waals surface area (Å²) < 4.78 is 1.19. The highest BCUT2D eigenvalue weighted by Gasteiger charge is 2.19. The van der Waals surface area contributed by atoms with Crippen molar-refractivity contribution in [1.82, 2.24) is 9.88 Å². The second-order valence-corrected chi connectivity index (χ2v) is 10.4. The number of hydrogen-bond donors (Lipinski definition) is 1. The van der Waals surface area contributed by atoms with Gasteiger partial charge in [-0.1, -0.05) is 36.4 Å². The van der Waals surface area contributed by atoms with E-state index in [2.05, 4.69) is 11.4 Å². The molecule has 0 spiro atoms. The van der Waals surface area contributed by atoms with Crippen molar-refractivity contribution in [3.8, 4) is 0 Å². The quantitative estimate of drug-likeness (QED) is 0.332. The van der Waals surface area contributed by atoms with Crippen LogP contribution >= 0.6 is 23.1 Å². The maximum atomic E-state index is 13.0. The van der Waals surface area contributed by atoms with Gasteiger partial charge in [-0.3, -0.25) is 9.59 Å². The summed E-state index contributed by atoms with van der Waals surface area (Å²) in [6, 6.07) is 23.5. The number of nitrogens with one attached hydrogen (secondary N) is 1. The summed E-state index contributed by atoms with van der Waals surface area (Å²) in [7, 11) is 0. The van der Waals surface area contributed by atoms with Crippen molar-refractivity contribution in [3.05, 3.63) is 88.9 Å². The van der Waals surface area contributed by atoms with Crippen molar-refractivity contribution in [3.63, 3.8) is 0 Å². The van der Waals surface area contributed by atoms with E-state index in [0.717, 1.165) is 59.0 Å². The number of rotatable bonds is 7. The van der Waals surface area contributed by atoms with E-state index in [1.54, 1.807) is 17.4 Å². The van der Waals surface area contributed by atoms with E-state index in [4.69, 9.17) is 4.98 Å². The third kappa shape index (κ3) is 5.32. The molecule has 1 aliphatic heterocycles. The summed E-state index contributed by atoms with van der Waals surface area (Å²) in [5, 5.41) is 4.07. The van der Waals surface area contributed by atoms with Gasteiger partial charge in [-0.15, -0.1) is 23.1 Å². The molecule has 7 heteroatoms. The average molecular weight is 488 g/mol. The van der Waals surface area contributed by atoms with E-state index in [-0.39, 0.29) is 11.8 Å². The molecule has 0 saturated carbocycles. The minimum Gasteiger partial charge on any atom is -0.342 e. The number of para-hydroxylation sites is 1. The fourth-order valence-corrected chi connectivity index (χ4v) is 6.01. The molecule has 2 amide bonds. The van der Waals surface area contributed by atoms with E-state index in [1.807, 2.05) is 65.6 Å². The Bertz CT molecular complexity index is 1280.